The lowest BCUT2D eigenvalue weighted by Crippen LogP contribution is -2.37. The minimum Gasteiger partial charge on any atom is -0.365 e. The molecule has 34 heavy (non-hydrogen) atoms. The van der Waals surface area contributed by atoms with Gasteiger partial charge in [-0.1, -0.05) is 19.1 Å². The highest BCUT2D eigenvalue weighted by Gasteiger charge is 2.23. The van der Waals surface area contributed by atoms with Crippen LogP contribution in [0.2, 0.25) is 0 Å². The van der Waals surface area contributed by atoms with Gasteiger partial charge in [-0.15, -0.1) is 0 Å². The molecule has 3 heterocycles. The van der Waals surface area contributed by atoms with Gasteiger partial charge >= 0.3 is 0 Å². The van der Waals surface area contributed by atoms with Crippen molar-refractivity contribution in [1.29, 1.82) is 0 Å². The second kappa shape index (κ2) is 9.94. The number of benzene rings is 1. The van der Waals surface area contributed by atoms with E-state index in [0.29, 0.717) is 29.4 Å². The first-order valence-electron chi connectivity index (χ1n) is 11.5. The Hall–Kier alpha value is -3.88. The summed E-state index contributed by atoms with van der Waals surface area (Å²) in [6, 6.07) is 10.1. The van der Waals surface area contributed by atoms with Gasteiger partial charge in [0.2, 0.25) is 5.91 Å². The second-order valence-electron chi connectivity index (χ2n) is 8.64. The number of piperidine rings is 1. The van der Waals surface area contributed by atoms with Crippen molar-refractivity contribution in [2.24, 2.45) is 12.8 Å². The van der Waals surface area contributed by atoms with E-state index < -0.39 is 5.91 Å². The van der Waals surface area contributed by atoms with Crippen molar-refractivity contribution in [1.82, 2.24) is 19.7 Å². The first kappa shape index (κ1) is 23.3. The number of hydrogen-bond donors (Lipinski definition) is 2. The van der Waals surface area contributed by atoms with Crippen LogP contribution in [0, 0.1) is 0 Å². The number of anilines is 4. The molecular formula is C25H31N7O2. The maximum atomic E-state index is 12.0. The highest BCUT2D eigenvalue weighted by atomic mass is 16.2. The van der Waals surface area contributed by atoms with Crippen LogP contribution in [0.1, 0.15) is 48.0 Å². The topological polar surface area (TPSA) is 109 Å². The van der Waals surface area contributed by atoms with Gasteiger partial charge in [0.25, 0.3) is 5.91 Å². The van der Waals surface area contributed by atoms with E-state index in [2.05, 4.69) is 27.5 Å². The summed E-state index contributed by atoms with van der Waals surface area (Å²) in [6.45, 7) is 3.55. The summed E-state index contributed by atoms with van der Waals surface area (Å²) in [5, 5.41) is 7.52. The molecule has 2 aromatic heterocycles. The van der Waals surface area contributed by atoms with E-state index in [1.54, 1.807) is 10.9 Å². The van der Waals surface area contributed by atoms with Crippen molar-refractivity contribution in [3.05, 3.63) is 60.0 Å². The minimum absolute atomic E-state index is 0.237. The molecule has 2 amide bonds. The zero-order chi connectivity index (χ0) is 24.2. The summed E-state index contributed by atoms with van der Waals surface area (Å²) in [6.07, 6.45) is 7.61. The highest BCUT2D eigenvalue weighted by molar-refractivity contribution is 5.99. The van der Waals surface area contributed by atoms with Crippen LogP contribution in [0.3, 0.4) is 0 Å². The Kier molecular flexibility index (Phi) is 6.81. The third-order valence-electron chi connectivity index (χ3n) is 6.39. The largest absolute Gasteiger partial charge is 0.365 e. The second-order valence-corrected chi connectivity index (χ2v) is 8.64. The molecule has 0 atom stereocenters. The maximum Gasteiger partial charge on any atom is 0.252 e. The van der Waals surface area contributed by atoms with E-state index in [0.717, 1.165) is 37.3 Å². The van der Waals surface area contributed by atoms with Crippen LogP contribution in [-0.2, 0) is 11.8 Å². The van der Waals surface area contributed by atoms with Crippen molar-refractivity contribution in [2.45, 2.75) is 32.1 Å². The predicted octanol–water partition coefficient (Wildman–Crippen LogP) is 3.54. The number of amides is 2. The first-order chi connectivity index (χ1) is 16.4. The summed E-state index contributed by atoms with van der Waals surface area (Å²) < 4.78 is 1.70. The Morgan fingerprint density at radius 2 is 1.88 bits per heavy atom. The summed E-state index contributed by atoms with van der Waals surface area (Å²) in [5.41, 5.74) is 9.58. The smallest absolute Gasteiger partial charge is 0.252 e. The molecule has 1 aromatic carbocycles. The third kappa shape index (κ3) is 5.03. The first-order valence-corrected chi connectivity index (χ1v) is 11.5. The van der Waals surface area contributed by atoms with Gasteiger partial charge in [0, 0.05) is 57.8 Å². The molecule has 0 aliphatic carbocycles. The number of rotatable bonds is 7. The van der Waals surface area contributed by atoms with Crippen LogP contribution in [0.4, 0.5) is 22.9 Å². The summed E-state index contributed by atoms with van der Waals surface area (Å²) >= 11 is 0. The Labute approximate surface area is 199 Å². The third-order valence-corrected chi connectivity index (χ3v) is 6.39. The number of pyridine rings is 1. The molecule has 0 bridgehead atoms. The molecule has 1 fully saturated rings. The predicted molar refractivity (Wildman–Crippen MR) is 133 cm³/mol. The van der Waals surface area contributed by atoms with E-state index in [1.807, 2.05) is 55.2 Å². The molecule has 4 rings (SSSR count). The summed E-state index contributed by atoms with van der Waals surface area (Å²) in [5.74, 6) is 0.764. The molecule has 9 nitrogen and oxygen atoms in total. The van der Waals surface area contributed by atoms with Crippen molar-refractivity contribution in [3.63, 3.8) is 0 Å². The molecule has 3 aromatic rings. The van der Waals surface area contributed by atoms with Crippen molar-refractivity contribution >= 4 is 34.7 Å². The Balaban J connectivity index is 1.47. The van der Waals surface area contributed by atoms with Crippen LogP contribution in [0.25, 0.3) is 0 Å². The van der Waals surface area contributed by atoms with Gasteiger partial charge in [0.05, 0.1) is 23.1 Å². The number of hydrogen-bond acceptors (Lipinski definition) is 6. The van der Waals surface area contributed by atoms with Crippen molar-refractivity contribution < 1.29 is 9.59 Å². The Morgan fingerprint density at radius 3 is 2.47 bits per heavy atom. The number of likely N-dealkylation sites (tertiary alicyclic amines) is 1. The number of carbonyl (C=O) groups is 2. The van der Waals surface area contributed by atoms with Gasteiger partial charge < -0.3 is 20.9 Å². The molecule has 1 aliphatic rings. The lowest BCUT2D eigenvalue weighted by Gasteiger charge is -2.32. The van der Waals surface area contributed by atoms with Crippen LogP contribution in [0.15, 0.2) is 48.9 Å². The Bertz CT molecular complexity index is 1160. The van der Waals surface area contributed by atoms with Gasteiger partial charge in [-0.05, 0) is 36.5 Å². The number of primary amides is 1. The number of nitrogens with one attached hydrogen (secondary N) is 1. The molecule has 1 saturated heterocycles. The van der Waals surface area contributed by atoms with Crippen LogP contribution >= 0.6 is 0 Å². The van der Waals surface area contributed by atoms with E-state index in [4.69, 9.17) is 5.73 Å². The van der Waals surface area contributed by atoms with Crippen LogP contribution in [0.5, 0.6) is 0 Å². The number of aryl methyl sites for hydroxylation is 1. The SMILES string of the molecule is CCC(=O)N1CCC(c2ccc(Nc3cc(N(C)c4cnn(C)c4)c(C(N)=O)cn3)cc2)CC1. The summed E-state index contributed by atoms with van der Waals surface area (Å²) in [7, 11) is 3.69. The molecule has 9 heteroatoms. The Morgan fingerprint density at radius 1 is 1.18 bits per heavy atom. The van der Waals surface area contributed by atoms with Gasteiger partial charge in [-0.3, -0.25) is 14.3 Å². The zero-order valence-electron chi connectivity index (χ0n) is 19.9. The van der Waals surface area contributed by atoms with Gasteiger partial charge in [0.1, 0.15) is 5.82 Å². The quantitative estimate of drug-likeness (QED) is 0.557. The van der Waals surface area contributed by atoms with Crippen molar-refractivity contribution in [3.8, 4) is 0 Å². The molecule has 3 N–H and O–H groups in total. The lowest BCUT2D eigenvalue weighted by molar-refractivity contribution is -0.131. The average Bonchev–Trinajstić information content (AvgIpc) is 3.29. The summed E-state index contributed by atoms with van der Waals surface area (Å²) in [4.78, 5) is 32.1. The molecule has 178 valence electrons. The van der Waals surface area contributed by atoms with Gasteiger partial charge in [-0.2, -0.15) is 5.10 Å². The molecular weight excluding hydrogens is 430 g/mol. The number of nitrogens with zero attached hydrogens (tertiary/aromatic N) is 5. The molecule has 0 radical (unpaired) electrons. The molecule has 1 aliphatic heterocycles. The van der Waals surface area contributed by atoms with E-state index in [1.165, 1.54) is 11.8 Å². The zero-order valence-corrected chi connectivity index (χ0v) is 19.9. The van der Waals surface area contributed by atoms with E-state index in [9.17, 15) is 9.59 Å². The molecule has 0 unspecified atom stereocenters. The molecule has 0 spiro atoms. The van der Waals surface area contributed by atoms with Crippen LogP contribution in [-0.4, -0.2) is 51.6 Å². The fourth-order valence-electron chi connectivity index (χ4n) is 4.37. The number of nitrogens with two attached hydrogens (primary N) is 1. The number of aromatic nitrogens is 3. The average molecular weight is 462 g/mol. The molecule has 0 saturated carbocycles. The monoisotopic (exact) mass is 461 g/mol. The van der Waals surface area contributed by atoms with Gasteiger partial charge in [-0.25, -0.2) is 4.98 Å². The standard InChI is InChI=1S/C25H31N7O2/c1-4-24(33)32-11-9-18(10-12-32)17-5-7-19(8-6-17)29-23-13-22(21(15-27-23)25(26)34)31(3)20-14-28-30(2)16-20/h5-8,13-16,18H,4,9-12H2,1-3H3,(H2,26,34)(H,27,29). The van der Waals surface area contributed by atoms with Gasteiger partial charge in [0.15, 0.2) is 0 Å². The van der Waals surface area contributed by atoms with Crippen LogP contribution < -0.4 is 16.0 Å². The maximum absolute atomic E-state index is 12.0. The highest BCUT2D eigenvalue weighted by Crippen LogP contribution is 2.31. The lowest BCUT2D eigenvalue weighted by atomic mass is 9.89. The fourth-order valence-corrected chi connectivity index (χ4v) is 4.37. The van der Waals surface area contributed by atoms with E-state index >= 15 is 0 Å². The fraction of sp³-hybridized carbons (Fsp3) is 0.360. The minimum atomic E-state index is -0.541. The normalized spacial score (nSPS) is 14.1. The van der Waals surface area contributed by atoms with E-state index in [-0.39, 0.29) is 5.91 Å². The van der Waals surface area contributed by atoms with Crippen molar-refractivity contribution in [2.75, 3.05) is 30.4 Å². The number of carbonyl (C=O) groups excluding carboxylic acids is 2.